The van der Waals surface area contributed by atoms with E-state index in [1.807, 2.05) is 6.92 Å². The Hall–Kier alpha value is -0.870. The van der Waals surface area contributed by atoms with Crippen molar-refractivity contribution < 1.29 is 19.7 Å². The zero-order chi connectivity index (χ0) is 12.0. The van der Waals surface area contributed by atoms with Gasteiger partial charge in [0, 0.05) is 6.08 Å². The molecule has 0 radical (unpaired) electrons. The fourth-order valence-electron chi connectivity index (χ4n) is 1.73. The van der Waals surface area contributed by atoms with Gasteiger partial charge in [0.05, 0.1) is 18.3 Å². The minimum Gasteiger partial charge on any atom is -0.460 e. The van der Waals surface area contributed by atoms with E-state index >= 15 is 0 Å². The van der Waals surface area contributed by atoms with E-state index in [9.17, 15) is 15.0 Å². The molecule has 1 rings (SSSR count). The zero-order valence-electron chi connectivity index (χ0n) is 9.63. The molecule has 0 aromatic carbocycles. The first-order valence-corrected chi connectivity index (χ1v) is 5.84. The molecule has 4 nitrogen and oxygen atoms in total. The molecular formula is C12H20O4. The lowest BCUT2D eigenvalue weighted by atomic mass is 10.0. The molecular weight excluding hydrogens is 208 g/mol. The van der Waals surface area contributed by atoms with E-state index in [0.717, 1.165) is 25.7 Å². The first-order chi connectivity index (χ1) is 7.59. The minimum absolute atomic E-state index is 0.0846. The fourth-order valence-corrected chi connectivity index (χ4v) is 1.73. The van der Waals surface area contributed by atoms with E-state index in [1.54, 1.807) is 0 Å². The Labute approximate surface area is 95.9 Å². The number of aliphatic hydroxyl groups excluding tert-OH is 2. The average molecular weight is 228 g/mol. The number of carbonyl (C=O) groups excluding carboxylic acids is 1. The Kier molecular flexibility index (Phi) is 5.49. The van der Waals surface area contributed by atoms with Crippen molar-refractivity contribution in [3.63, 3.8) is 0 Å². The summed E-state index contributed by atoms with van der Waals surface area (Å²) in [6, 6.07) is 0. The van der Waals surface area contributed by atoms with Crippen LogP contribution in [0.3, 0.4) is 0 Å². The highest BCUT2D eigenvalue weighted by Crippen LogP contribution is 2.13. The van der Waals surface area contributed by atoms with Gasteiger partial charge in [-0.15, -0.1) is 0 Å². The van der Waals surface area contributed by atoms with Crippen LogP contribution in [0.5, 0.6) is 0 Å². The van der Waals surface area contributed by atoms with Gasteiger partial charge in [0.1, 0.15) is 0 Å². The predicted octanol–water partition coefficient (Wildman–Crippen LogP) is 1.16. The number of ether oxygens (including phenoxy) is 1. The molecule has 0 aliphatic carbocycles. The van der Waals surface area contributed by atoms with Gasteiger partial charge in [0.2, 0.25) is 0 Å². The van der Waals surface area contributed by atoms with Gasteiger partial charge in [-0.2, -0.15) is 0 Å². The SMILES string of the molecule is C[C@@H]1CCCCC[C@@H](O)[C@H](O)/C=C/C(=O)O1. The lowest BCUT2D eigenvalue weighted by Gasteiger charge is -2.16. The third-order valence-corrected chi connectivity index (χ3v) is 2.75. The average Bonchev–Trinajstić information content (AvgIpc) is 2.23. The Morgan fingerprint density at radius 3 is 2.69 bits per heavy atom. The first kappa shape index (κ1) is 13.2. The van der Waals surface area contributed by atoms with Crippen molar-refractivity contribution >= 4 is 5.97 Å². The lowest BCUT2D eigenvalue weighted by Crippen LogP contribution is -2.24. The van der Waals surface area contributed by atoms with Crippen molar-refractivity contribution in [3.05, 3.63) is 12.2 Å². The Balaban J connectivity index is 2.58. The summed E-state index contributed by atoms with van der Waals surface area (Å²) < 4.78 is 5.09. The molecule has 0 saturated carbocycles. The second-order valence-electron chi connectivity index (χ2n) is 4.30. The number of rotatable bonds is 0. The number of hydrogen-bond donors (Lipinski definition) is 2. The highest BCUT2D eigenvalue weighted by atomic mass is 16.5. The Bertz CT molecular complexity index is 249. The summed E-state index contributed by atoms with van der Waals surface area (Å²) in [5, 5.41) is 19.0. The van der Waals surface area contributed by atoms with Crippen LogP contribution < -0.4 is 0 Å². The van der Waals surface area contributed by atoms with Crippen molar-refractivity contribution in [2.24, 2.45) is 0 Å². The van der Waals surface area contributed by atoms with Gasteiger partial charge in [-0.1, -0.05) is 12.8 Å². The van der Waals surface area contributed by atoms with Gasteiger partial charge in [-0.05, 0) is 32.3 Å². The van der Waals surface area contributed by atoms with Crippen LogP contribution >= 0.6 is 0 Å². The third-order valence-electron chi connectivity index (χ3n) is 2.75. The van der Waals surface area contributed by atoms with E-state index < -0.39 is 18.2 Å². The van der Waals surface area contributed by atoms with Crippen LogP contribution in [-0.4, -0.2) is 34.5 Å². The largest absolute Gasteiger partial charge is 0.460 e. The van der Waals surface area contributed by atoms with Crippen LogP contribution in [0.25, 0.3) is 0 Å². The maximum absolute atomic E-state index is 11.3. The molecule has 16 heavy (non-hydrogen) atoms. The molecule has 0 amide bonds. The molecule has 3 atom stereocenters. The molecule has 4 heteroatoms. The molecule has 0 saturated heterocycles. The van der Waals surface area contributed by atoms with Crippen LogP contribution in [-0.2, 0) is 9.53 Å². The van der Waals surface area contributed by atoms with Crippen LogP contribution in [0, 0.1) is 0 Å². The number of esters is 1. The second-order valence-corrected chi connectivity index (χ2v) is 4.30. The lowest BCUT2D eigenvalue weighted by molar-refractivity contribution is -0.142. The number of carbonyl (C=O) groups is 1. The molecule has 0 bridgehead atoms. The smallest absolute Gasteiger partial charge is 0.330 e. The van der Waals surface area contributed by atoms with Gasteiger partial charge in [-0.25, -0.2) is 4.79 Å². The maximum Gasteiger partial charge on any atom is 0.330 e. The van der Waals surface area contributed by atoms with Gasteiger partial charge in [-0.3, -0.25) is 0 Å². The fraction of sp³-hybridized carbons (Fsp3) is 0.750. The quantitative estimate of drug-likeness (QED) is 0.611. The predicted molar refractivity (Wildman–Crippen MR) is 59.8 cm³/mol. The molecule has 0 aromatic heterocycles. The standard InChI is InChI=1S/C12H20O4/c1-9-5-3-2-4-6-10(13)11(14)7-8-12(15)16-9/h7-11,13-14H,2-6H2,1H3/b8-7+/t9-,10-,11-/m1/s1. The van der Waals surface area contributed by atoms with Crippen molar-refractivity contribution in [3.8, 4) is 0 Å². The summed E-state index contributed by atoms with van der Waals surface area (Å²) in [4.78, 5) is 11.3. The van der Waals surface area contributed by atoms with Crippen LogP contribution in [0.4, 0.5) is 0 Å². The highest BCUT2D eigenvalue weighted by Gasteiger charge is 2.15. The summed E-state index contributed by atoms with van der Waals surface area (Å²) >= 11 is 0. The molecule has 0 fully saturated rings. The minimum atomic E-state index is -0.984. The second kappa shape index (κ2) is 6.66. The van der Waals surface area contributed by atoms with E-state index in [1.165, 1.54) is 12.2 Å². The number of aliphatic hydroxyl groups is 2. The van der Waals surface area contributed by atoms with Gasteiger partial charge < -0.3 is 14.9 Å². The van der Waals surface area contributed by atoms with Crippen LogP contribution in [0.2, 0.25) is 0 Å². The summed E-state index contributed by atoms with van der Waals surface area (Å²) in [5.41, 5.74) is 0. The molecule has 1 heterocycles. The highest BCUT2D eigenvalue weighted by molar-refractivity contribution is 5.82. The zero-order valence-corrected chi connectivity index (χ0v) is 9.63. The Morgan fingerprint density at radius 1 is 1.25 bits per heavy atom. The van der Waals surface area contributed by atoms with Gasteiger partial charge in [0.15, 0.2) is 0 Å². The van der Waals surface area contributed by atoms with E-state index in [4.69, 9.17) is 4.74 Å². The maximum atomic E-state index is 11.3. The molecule has 0 spiro atoms. The third kappa shape index (κ3) is 4.77. The normalized spacial score (nSPS) is 35.7. The van der Waals surface area contributed by atoms with Crippen LogP contribution in [0.1, 0.15) is 39.0 Å². The summed E-state index contributed by atoms with van der Waals surface area (Å²) in [5.74, 6) is -0.459. The van der Waals surface area contributed by atoms with Crippen molar-refractivity contribution in [1.82, 2.24) is 0 Å². The summed E-state index contributed by atoms with van der Waals surface area (Å²) in [6.07, 6.45) is 4.87. The van der Waals surface area contributed by atoms with Gasteiger partial charge >= 0.3 is 5.97 Å². The van der Waals surface area contributed by atoms with Crippen LogP contribution in [0.15, 0.2) is 12.2 Å². The van der Waals surface area contributed by atoms with Crippen molar-refractivity contribution in [2.45, 2.75) is 57.3 Å². The van der Waals surface area contributed by atoms with Gasteiger partial charge in [0.25, 0.3) is 0 Å². The number of hydrogen-bond acceptors (Lipinski definition) is 4. The molecule has 2 N–H and O–H groups in total. The molecule has 0 aromatic rings. The van der Waals surface area contributed by atoms with E-state index in [0.29, 0.717) is 6.42 Å². The van der Waals surface area contributed by atoms with Crippen molar-refractivity contribution in [2.75, 3.05) is 0 Å². The Morgan fingerprint density at radius 2 is 1.94 bits per heavy atom. The van der Waals surface area contributed by atoms with E-state index in [-0.39, 0.29) is 6.10 Å². The summed E-state index contributed by atoms with van der Waals surface area (Å²) in [6.45, 7) is 1.86. The summed E-state index contributed by atoms with van der Waals surface area (Å²) in [7, 11) is 0. The van der Waals surface area contributed by atoms with Crippen molar-refractivity contribution in [1.29, 1.82) is 0 Å². The first-order valence-electron chi connectivity index (χ1n) is 5.84. The molecule has 0 unspecified atom stereocenters. The van der Waals surface area contributed by atoms with E-state index in [2.05, 4.69) is 0 Å². The topological polar surface area (TPSA) is 66.8 Å². The number of cyclic esters (lactones) is 1. The molecule has 1 aliphatic rings. The molecule has 1 aliphatic heterocycles. The molecule has 92 valence electrons. The monoisotopic (exact) mass is 228 g/mol.